The predicted molar refractivity (Wildman–Crippen MR) is 75.5 cm³/mol. The third-order valence-corrected chi connectivity index (χ3v) is 3.50. The largest absolute Gasteiger partial charge is 0.460 e. The van der Waals surface area contributed by atoms with Crippen LogP contribution in [0.25, 0.3) is 11.0 Å². The van der Waals surface area contributed by atoms with Crippen LogP contribution in [0.4, 0.5) is 0 Å². The molecule has 3 heteroatoms. The van der Waals surface area contributed by atoms with Crippen molar-refractivity contribution in [2.75, 3.05) is 12.0 Å². The number of nitrogens with one attached hydrogen (secondary N) is 1. The molecule has 0 bridgehead atoms. The monoisotopic (exact) mass is 249 g/mol. The first kappa shape index (κ1) is 12.5. The van der Waals surface area contributed by atoms with Crippen LogP contribution in [0.1, 0.15) is 19.1 Å². The van der Waals surface area contributed by atoms with E-state index in [2.05, 4.69) is 30.6 Å². The van der Waals surface area contributed by atoms with E-state index in [9.17, 15) is 0 Å². The number of thioether (sulfide) groups is 1. The summed E-state index contributed by atoms with van der Waals surface area (Å²) < 4.78 is 5.76. The summed E-state index contributed by atoms with van der Waals surface area (Å²) in [6, 6.07) is 10.8. The van der Waals surface area contributed by atoms with E-state index in [1.807, 2.05) is 30.0 Å². The number of benzene rings is 1. The Morgan fingerprint density at radius 1 is 1.35 bits per heavy atom. The average molecular weight is 249 g/mol. The van der Waals surface area contributed by atoms with Crippen LogP contribution >= 0.6 is 11.8 Å². The zero-order valence-corrected chi connectivity index (χ0v) is 11.2. The second-order valence-electron chi connectivity index (χ2n) is 4.31. The van der Waals surface area contributed by atoms with E-state index in [0.717, 1.165) is 17.9 Å². The number of hydrogen-bond donors (Lipinski definition) is 1. The summed E-state index contributed by atoms with van der Waals surface area (Å²) in [5, 5.41) is 4.67. The number of fused-ring (bicyclic) bond motifs is 1. The Hall–Kier alpha value is -0.930. The molecule has 1 heterocycles. The molecule has 0 aliphatic carbocycles. The second kappa shape index (κ2) is 6.12. The molecule has 1 aromatic carbocycles. The van der Waals surface area contributed by atoms with E-state index < -0.39 is 0 Å². The van der Waals surface area contributed by atoms with Gasteiger partial charge in [0.15, 0.2) is 0 Å². The molecule has 0 saturated heterocycles. The van der Waals surface area contributed by atoms with Gasteiger partial charge >= 0.3 is 0 Å². The lowest BCUT2D eigenvalue weighted by Crippen LogP contribution is -2.25. The van der Waals surface area contributed by atoms with E-state index in [1.165, 1.54) is 17.6 Å². The van der Waals surface area contributed by atoms with Gasteiger partial charge in [-0.05, 0) is 37.5 Å². The Balaban J connectivity index is 1.90. The van der Waals surface area contributed by atoms with Gasteiger partial charge < -0.3 is 9.73 Å². The van der Waals surface area contributed by atoms with E-state index in [4.69, 9.17) is 4.42 Å². The molecule has 1 unspecified atom stereocenters. The Kier molecular flexibility index (Phi) is 4.51. The summed E-state index contributed by atoms with van der Waals surface area (Å²) in [5.74, 6) is 2.22. The van der Waals surface area contributed by atoms with Crippen LogP contribution in [0, 0.1) is 0 Å². The number of furan rings is 1. The lowest BCUT2D eigenvalue weighted by atomic mass is 10.2. The van der Waals surface area contributed by atoms with Crippen LogP contribution in [-0.4, -0.2) is 18.1 Å². The van der Waals surface area contributed by atoms with Gasteiger partial charge in [0.2, 0.25) is 0 Å². The Morgan fingerprint density at radius 3 is 2.94 bits per heavy atom. The third kappa shape index (κ3) is 3.51. The fourth-order valence-corrected chi connectivity index (χ4v) is 2.38. The summed E-state index contributed by atoms with van der Waals surface area (Å²) in [6.45, 7) is 3.03. The van der Waals surface area contributed by atoms with Crippen molar-refractivity contribution in [3.63, 3.8) is 0 Å². The number of hydrogen-bond acceptors (Lipinski definition) is 3. The molecule has 1 aromatic heterocycles. The van der Waals surface area contributed by atoms with Crippen LogP contribution in [-0.2, 0) is 6.54 Å². The van der Waals surface area contributed by atoms with E-state index in [0.29, 0.717) is 6.04 Å². The summed E-state index contributed by atoms with van der Waals surface area (Å²) in [4.78, 5) is 0. The molecular formula is C14H19NOS. The standard InChI is InChI=1S/C14H19NOS/c1-11(7-8-17-2)15-10-13-9-12-5-3-4-6-14(12)16-13/h3-6,9,11,15H,7-8,10H2,1-2H3. The molecule has 0 fully saturated rings. The molecule has 1 atom stereocenters. The van der Waals surface area contributed by atoms with Crippen molar-refractivity contribution >= 4 is 22.7 Å². The maximum absolute atomic E-state index is 5.76. The minimum absolute atomic E-state index is 0.538. The van der Waals surface area contributed by atoms with Gasteiger partial charge in [-0.2, -0.15) is 11.8 Å². The first-order valence-corrected chi connectivity index (χ1v) is 7.39. The quantitative estimate of drug-likeness (QED) is 0.845. The molecule has 2 rings (SSSR count). The topological polar surface area (TPSA) is 25.2 Å². The minimum Gasteiger partial charge on any atom is -0.460 e. The van der Waals surface area contributed by atoms with Crippen LogP contribution in [0.3, 0.4) is 0 Å². The van der Waals surface area contributed by atoms with Crippen molar-refractivity contribution < 1.29 is 4.42 Å². The zero-order chi connectivity index (χ0) is 12.1. The molecule has 0 saturated carbocycles. The highest BCUT2D eigenvalue weighted by Crippen LogP contribution is 2.18. The predicted octanol–water partition coefficient (Wildman–Crippen LogP) is 3.66. The van der Waals surface area contributed by atoms with Crippen molar-refractivity contribution in [1.82, 2.24) is 5.32 Å². The summed E-state index contributed by atoms with van der Waals surface area (Å²) in [6.07, 6.45) is 3.34. The van der Waals surface area contributed by atoms with Gasteiger partial charge in [-0.15, -0.1) is 0 Å². The summed E-state index contributed by atoms with van der Waals surface area (Å²) in [7, 11) is 0. The fraction of sp³-hybridized carbons (Fsp3) is 0.429. The average Bonchev–Trinajstić information content (AvgIpc) is 2.76. The van der Waals surface area contributed by atoms with Gasteiger partial charge in [-0.1, -0.05) is 18.2 Å². The van der Waals surface area contributed by atoms with Crippen molar-refractivity contribution in [1.29, 1.82) is 0 Å². The van der Waals surface area contributed by atoms with Gasteiger partial charge in [-0.3, -0.25) is 0 Å². The van der Waals surface area contributed by atoms with Crippen molar-refractivity contribution in [3.05, 3.63) is 36.1 Å². The minimum atomic E-state index is 0.538. The molecule has 17 heavy (non-hydrogen) atoms. The highest BCUT2D eigenvalue weighted by atomic mass is 32.2. The molecule has 0 amide bonds. The van der Waals surface area contributed by atoms with E-state index in [1.54, 1.807) is 0 Å². The van der Waals surface area contributed by atoms with E-state index >= 15 is 0 Å². The second-order valence-corrected chi connectivity index (χ2v) is 5.30. The number of para-hydroxylation sites is 1. The molecule has 0 radical (unpaired) electrons. The van der Waals surface area contributed by atoms with Gasteiger partial charge in [0.05, 0.1) is 6.54 Å². The SMILES string of the molecule is CSCCC(C)NCc1cc2ccccc2o1. The van der Waals surface area contributed by atoms with Crippen LogP contribution in [0.2, 0.25) is 0 Å². The summed E-state index contributed by atoms with van der Waals surface area (Å²) in [5.41, 5.74) is 0.973. The molecule has 1 N–H and O–H groups in total. The molecule has 2 nitrogen and oxygen atoms in total. The van der Waals surface area contributed by atoms with Gasteiger partial charge in [0.1, 0.15) is 11.3 Å². The van der Waals surface area contributed by atoms with Crippen LogP contribution < -0.4 is 5.32 Å². The molecule has 0 aliphatic rings. The maximum Gasteiger partial charge on any atom is 0.134 e. The Bertz CT molecular complexity index is 433. The van der Waals surface area contributed by atoms with Crippen molar-refractivity contribution in [2.24, 2.45) is 0 Å². The Morgan fingerprint density at radius 2 is 2.18 bits per heavy atom. The number of rotatable bonds is 6. The van der Waals surface area contributed by atoms with Gasteiger partial charge in [0.25, 0.3) is 0 Å². The first-order chi connectivity index (χ1) is 8.29. The van der Waals surface area contributed by atoms with E-state index in [-0.39, 0.29) is 0 Å². The zero-order valence-electron chi connectivity index (χ0n) is 10.4. The lowest BCUT2D eigenvalue weighted by Gasteiger charge is -2.11. The molecule has 0 spiro atoms. The highest BCUT2D eigenvalue weighted by molar-refractivity contribution is 7.98. The van der Waals surface area contributed by atoms with Gasteiger partial charge in [0, 0.05) is 11.4 Å². The third-order valence-electron chi connectivity index (χ3n) is 2.86. The fourth-order valence-electron chi connectivity index (χ4n) is 1.80. The van der Waals surface area contributed by atoms with Gasteiger partial charge in [-0.25, -0.2) is 0 Å². The normalized spacial score (nSPS) is 13.1. The van der Waals surface area contributed by atoms with Crippen molar-refractivity contribution in [3.8, 4) is 0 Å². The summed E-state index contributed by atoms with van der Waals surface area (Å²) >= 11 is 1.89. The van der Waals surface area contributed by atoms with Crippen LogP contribution in [0.15, 0.2) is 34.7 Å². The Labute approximate surface area is 107 Å². The van der Waals surface area contributed by atoms with Crippen LogP contribution in [0.5, 0.6) is 0 Å². The smallest absolute Gasteiger partial charge is 0.134 e. The highest BCUT2D eigenvalue weighted by Gasteiger charge is 2.05. The molecule has 0 aliphatic heterocycles. The first-order valence-electron chi connectivity index (χ1n) is 5.99. The van der Waals surface area contributed by atoms with Crippen molar-refractivity contribution in [2.45, 2.75) is 25.9 Å². The maximum atomic E-state index is 5.76. The molecule has 2 aromatic rings. The lowest BCUT2D eigenvalue weighted by molar-refractivity contribution is 0.469. The molecular weight excluding hydrogens is 230 g/mol. The molecule has 92 valence electrons.